The molecule has 1 unspecified atom stereocenters. The monoisotopic (exact) mass is 255 g/mol. The lowest BCUT2D eigenvalue weighted by atomic mass is 10.1. The molecule has 0 spiro atoms. The van der Waals surface area contributed by atoms with Gasteiger partial charge in [-0.05, 0) is 12.2 Å². The van der Waals surface area contributed by atoms with Gasteiger partial charge in [0.05, 0.1) is 5.71 Å². The molecular formula is C14H9NO2S. The lowest BCUT2D eigenvalue weighted by molar-refractivity contribution is -0.110. The summed E-state index contributed by atoms with van der Waals surface area (Å²) in [6.45, 7) is 0. The Morgan fingerprint density at radius 1 is 1.17 bits per heavy atom. The van der Waals surface area contributed by atoms with Crippen LogP contribution in [0, 0.1) is 0 Å². The number of aliphatic imine (C=N–C) groups is 1. The zero-order valence-corrected chi connectivity index (χ0v) is 10.2. The first kappa shape index (κ1) is 11.2. The van der Waals surface area contributed by atoms with Gasteiger partial charge in [0, 0.05) is 16.5 Å². The molecule has 0 saturated carbocycles. The molecule has 1 aliphatic carbocycles. The van der Waals surface area contributed by atoms with Gasteiger partial charge in [-0.1, -0.05) is 42.1 Å². The second-order valence-corrected chi connectivity index (χ2v) is 5.08. The molecule has 0 radical (unpaired) electrons. The van der Waals surface area contributed by atoms with Crippen LogP contribution in [0.15, 0.2) is 58.5 Å². The minimum atomic E-state index is -0.468. The number of carbonyl (C=O) groups excluding carboxylic acids is 2. The molecule has 3 rings (SSSR count). The molecule has 0 amide bonds. The lowest BCUT2D eigenvalue weighted by Gasteiger charge is -2.04. The van der Waals surface area contributed by atoms with E-state index in [9.17, 15) is 9.59 Å². The third-order valence-corrected chi connectivity index (χ3v) is 3.83. The first-order valence-electron chi connectivity index (χ1n) is 5.52. The van der Waals surface area contributed by atoms with Crippen molar-refractivity contribution in [2.45, 2.75) is 5.37 Å². The molecule has 1 heterocycles. The molecule has 1 aromatic carbocycles. The lowest BCUT2D eigenvalue weighted by Crippen LogP contribution is -2.12. The van der Waals surface area contributed by atoms with E-state index in [-0.39, 0.29) is 11.6 Å². The van der Waals surface area contributed by atoms with E-state index >= 15 is 0 Å². The number of ketones is 2. The number of hydrogen-bond acceptors (Lipinski definition) is 4. The molecule has 0 bridgehead atoms. The molecule has 1 aliphatic heterocycles. The van der Waals surface area contributed by atoms with E-state index in [1.807, 2.05) is 18.2 Å². The van der Waals surface area contributed by atoms with E-state index in [2.05, 4.69) is 4.99 Å². The number of allylic oxidation sites excluding steroid dienone is 4. The maximum absolute atomic E-state index is 12.2. The van der Waals surface area contributed by atoms with Crippen LogP contribution in [-0.2, 0) is 4.79 Å². The number of Topliss-reactive ketones (excluding diaryl/α,β-unsaturated/α-hetero) is 1. The number of carbonyl (C=O) groups is 2. The average Bonchev–Trinajstić information content (AvgIpc) is 2.81. The number of rotatable bonds is 2. The first-order chi connectivity index (χ1) is 8.74. The van der Waals surface area contributed by atoms with Crippen LogP contribution in [0.2, 0.25) is 0 Å². The summed E-state index contributed by atoms with van der Waals surface area (Å²) in [5.41, 5.74) is 1.38. The zero-order valence-electron chi connectivity index (χ0n) is 9.37. The fourth-order valence-corrected chi connectivity index (χ4v) is 2.90. The maximum atomic E-state index is 12.2. The Labute approximate surface area is 108 Å². The number of hydrogen-bond donors (Lipinski definition) is 0. The fraction of sp³-hybridized carbons (Fsp3) is 0.0714. The zero-order chi connectivity index (χ0) is 12.5. The summed E-state index contributed by atoms with van der Waals surface area (Å²) in [6.07, 6.45) is 4.67. The van der Waals surface area contributed by atoms with Gasteiger partial charge in [0.25, 0.3) is 0 Å². The Morgan fingerprint density at radius 3 is 2.72 bits per heavy atom. The Balaban J connectivity index is 1.87. The van der Waals surface area contributed by atoms with Crippen molar-refractivity contribution in [1.29, 1.82) is 0 Å². The van der Waals surface area contributed by atoms with Gasteiger partial charge in [0.1, 0.15) is 0 Å². The molecule has 4 heteroatoms. The van der Waals surface area contributed by atoms with E-state index in [0.717, 1.165) is 10.6 Å². The highest BCUT2D eigenvalue weighted by atomic mass is 32.2. The van der Waals surface area contributed by atoms with Crippen molar-refractivity contribution in [3.63, 3.8) is 0 Å². The van der Waals surface area contributed by atoms with Crippen molar-refractivity contribution in [2.75, 3.05) is 0 Å². The SMILES string of the molecule is O=C1C=CC2=NC(C(=O)c3ccccc3)SC2=C1. The van der Waals surface area contributed by atoms with E-state index < -0.39 is 5.37 Å². The minimum absolute atomic E-state index is 0.0238. The van der Waals surface area contributed by atoms with Gasteiger partial charge in [0.2, 0.25) is 0 Å². The van der Waals surface area contributed by atoms with Crippen molar-refractivity contribution in [3.8, 4) is 0 Å². The fourth-order valence-electron chi connectivity index (χ4n) is 1.83. The average molecular weight is 255 g/mol. The van der Waals surface area contributed by atoms with Crippen LogP contribution >= 0.6 is 11.8 Å². The number of nitrogens with zero attached hydrogens (tertiary/aromatic N) is 1. The third-order valence-electron chi connectivity index (χ3n) is 2.71. The van der Waals surface area contributed by atoms with Crippen molar-refractivity contribution in [1.82, 2.24) is 0 Å². The summed E-state index contributed by atoms with van der Waals surface area (Å²) in [7, 11) is 0. The Kier molecular flexibility index (Phi) is 2.72. The summed E-state index contributed by atoms with van der Waals surface area (Å²) in [6, 6.07) is 9.08. The molecule has 0 saturated heterocycles. The van der Waals surface area contributed by atoms with Crippen LogP contribution < -0.4 is 0 Å². The van der Waals surface area contributed by atoms with Crippen molar-refractivity contribution in [3.05, 3.63) is 59.0 Å². The maximum Gasteiger partial charge on any atom is 0.197 e. The topological polar surface area (TPSA) is 46.5 Å². The summed E-state index contributed by atoms with van der Waals surface area (Å²) < 4.78 is 0. The normalized spacial score (nSPS) is 21.3. The van der Waals surface area contributed by atoms with Gasteiger partial charge in [-0.15, -0.1) is 0 Å². The van der Waals surface area contributed by atoms with Crippen LogP contribution in [0.25, 0.3) is 0 Å². The first-order valence-corrected chi connectivity index (χ1v) is 6.40. The molecule has 2 aliphatic rings. The molecule has 1 aromatic rings. The highest BCUT2D eigenvalue weighted by Crippen LogP contribution is 2.35. The second-order valence-electron chi connectivity index (χ2n) is 3.96. The highest BCUT2D eigenvalue weighted by molar-refractivity contribution is 8.05. The number of fused-ring (bicyclic) bond motifs is 1. The predicted octanol–water partition coefficient (Wildman–Crippen LogP) is 2.41. The molecule has 18 heavy (non-hydrogen) atoms. The van der Waals surface area contributed by atoms with E-state index in [1.165, 1.54) is 23.9 Å². The summed E-state index contributed by atoms with van der Waals surface area (Å²) >= 11 is 1.34. The highest BCUT2D eigenvalue weighted by Gasteiger charge is 2.30. The minimum Gasteiger partial charge on any atom is -0.291 e. The van der Waals surface area contributed by atoms with Crippen LogP contribution in [0.3, 0.4) is 0 Å². The molecule has 1 atom stereocenters. The number of benzene rings is 1. The standard InChI is InChI=1S/C14H9NO2S/c16-10-6-7-11-12(8-10)18-14(15-11)13(17)9-4-2-1-3-5-9/h1-8,14H. The molecular weight excluding hydrogens is 246 g/mol. The van der Waals surface area contributed by atoms with Crippen LogP contribution in [0.1, 0.15) is 10.4 Å². The van der Waals surface area contributed by atoms with Crippen LogP contribution in [-0.4, -0.2) is 22.7 Å². The van der Waals surface area contributed by atoms with Crippen molar-refractivity contribution in [2.24, 2.45) is 4.99 Å². The van der Waals surface area contributed by atoms with Gasteiger partial charge in [-0.2, -0.15) is 0 Å². The van der Waals surface area contributed by atoms with Crippen molar-refractivity contribution >= 4 is 29.0 Å². The molecule has 88 valence electrons. The van der Waals surface area contributed by atoms with E-state index in [0.29, 0.717) is 5.56 Å². The number of thioether (sulfide) groups is 1. The Bertz CT molecular complexity index is 614. The second kappa shape index (κ2) is 4.38. The van der Waals surface area contributed by atoms with Gasteiger partial charge in [0.15, 0.2) is 16.9 Å². The summed E-state index contributed by atoms with van der Waals surface area (Å²) in [5, 5.41) is -0.468. The summed E-state index contributed by atoms with van der Waals surface area (Å²) in [4.78, 5) is 28.6. The largest absolute Gasteiger partial charge is 0.291 e. The van der Waals surface area contributed by atoms with Gasteiger partial charge >= 0.3 is 0 Å². The molecule has 0 fully saturated rings. The van der Waals surface area contributed by atoms with Crippen LogP contribution in [0.4, 0.5) is 0 Å². The molecule has 0 N–H and O–H groups in total. The van der Waals surface area contributed by atoms with Crippen molar-refractivity contribution < 1.29 is 9.59 Å². The Hall–Kier alpha value is -1.94. The van der Waals surface area contributed by atoms with E-state index in [1.54, 1.807) is 18.2 Å². The smallest absolute Gasteiger partial charge is 0.197 e. The quantitative estimate of drug-likeness (QED) is 0.602. The molecule has 0 aromatic heterocycles. The Morgan fingerprint density at radius 2 is 1.94 bits per heavy atom. The summed E-state index contributed by atoms with van der Waals surface area (Å²) in [5.74, 6) is -0.0755. The van der Waals surface area contributed by atoms with E-state index in [4.69, 9.17) is 0 Å². The third kappa shape index (κ3) is 1.95. The van der Waals surface area contributed by atoms with Crippen LogP contribution in [0.5, 0.6) is 0 Å². The van der Waals surface area contributed by atoms with Gasteiger partial charge < -0.3 is 0 Å². The van der Waals surface area contributed by atoms with Gasteiger partial charge in [-0.25, -0.2) is 0 Å². The van der Waals surface area contributed by atoms with Gasteiger partial charge in [-0.3, -0.25) is 14.6 Å². The predicted molar refractivity (Wildman–Crippen MR) is 71.8 cm³/mol. The molecule has 3 nitrogen and oxygen atoms in total.